The van der Waals surface area contributed by atoms with Gasteiger partial charge in [0.2, 0.25) is 0 Å². The molecule has 0 spiro atoms. The monoisotopic (exact) mass is 237 g/mol. The number of hydrogen-bond donors (Lipinski definition) is 2. The smallest absolute Gasteiger partial charge is 0.158 e. The van der Waals surface area contributed by atoms with Gasteiger partial charge in [-0.2, -0.15) is 0 Å². The Bertz CT molecular complexity index is 531. The van der Waals surface area contributed by atoms with Crippen molar-refractivity contribution in [1.82, 2.24) is 14.7 Å². The first-order valence-corrected chi connectivity index (χ1v) is 5.71. The predicted molar refractivity (Wildman–Crippen MR) is 62.1 cm³/mol. The molecule has 1 aliphatic heterocycles. The van der Waals surface area contributed by atoms with Crippen LogP contribution in [0.5, 0.6) is 5.75 Å². The van der Waals surface area contributed by atoms with Crippen LogP contribution < -0.4 is 5.32 Å². The van der Waals surface area contributed by atoms with Crippen molar-refractivity contribution in [3.05, 3.63) is 29.3 Å². The molecule has 5 heteroatoms. The Kier molecular flexibility index (Phi) is 2.26. The molecule has 2 aromatic heterocycles. The molecule has 1 fully saturated rings. The van der Waals surface area contributed by atoms with Crippen LogP contribution >= 0.6 is 11.6 Å². The Balaban J connectivity index is 2.22. The Hall–Kier alpha value is -1.26. The minimum absolute atomic E-state index is 0.178. The molecular formula is C11H12ClN3O. The van der Waals surface area contributed by atoms with Gasteiger partial charge < -0.3 is 10.4 Å². The van der Waals surface area contributed by atoms with Crippen molar-refractivity contribution in [2.24, 2.45) is 0 Å². The maximum absolute atomic E-state index is 9.75. The lowest BCUT2D eigenvalue weighted by Gasteiger charge is -2.06. The Morgan fingerprint density at radius 3 is 3.19 bits per heavy atom. The van der Waals surface area contributed by atoms with Crippen molar-refractivity contribution in [2.45, 2.75) is 12.3 Å². The Morgan fingerprint density at radius 1 is 1.56 bits per heavy atom. The number of rotatable bonds is 1. The SMILES string of the molecule is Oc1cccn2c(C3CCNC3)nc(Cl)c12. The van der Waals surface area contributed by atoms with Crippen molar-refractivity contribution in [3.63, 3.8) is 0 Å². The molecule has 84 valence electrons. The van der Waals surface area contributed by atoms with Crippen molar-refractivity contribution in [3.8, 4) is 5.75 Å². The molecular weight excluding hydrogens is 226 g/mol. The number of nitrogens with one attached hydrogen (secondary N) is 1. The quantitative estimate of drug-likeness (QED) is 0.795. The molecule has 3 rings (SSSR count). The van der Waals surface area contributed by atoms with Crippen LogP contribution in [0, 0.1) is 0 Å². The van der Waals surface area contributed by atoms with E-state index in [1.165, 1.54) is 0 Å². The fraction of sp³-hybridized carbons (Fsp3) is 0.364. The minimum Gasteiger partial charge on any atom is -0.506 e. The van der Waals surface area contributed by atoms with Gasteiger partial charge in [0.1, 0.15) is 17.1 Å². The number of fused-ring (bicyclic) bond motifs is 1. The van der Waals surface area contributed by atoms with Crippen LogP contribution in [0.2, 0.25) is 5.15 Å². The van der Waals surface area contributed by atoms with Gasteiger partial charge in [-0.25, -0.2) is 4.98 Å². The van der Waals surface area contributed by atoms with Crippen LogP contribution in [0.25, 0.3) is 5.52 Å². The first kappa shape index (κ1) is 9.93. The van der Waals surface area contributed by atoms with Gasteiger partial charge in [-0.3, -0.25) is 4.40 Å². The van der Waals surface area contributed by atoms with E-state index in [2.05, 4.69) is 10.3 Å². The molecule has 0 aliphatic carbocycles. The Morgan fingerprint density at radius 2 is 2.44 bits per heavy atom. The second-order valence-electron chi connectivity index (χ2n) is 4.06. The van der Waals surface area contributed by atoms with Gasteiger partial charge >= 0.3 is 0 Å². The van der Waals surface area contributed by atoms with E-state index in [4.69, 9.17) is 11.6 Å². The lowest BCUT2D eigenvalue weighted by Crippen LogP contribution is -2.10. The minimum atomic E-state index is 0.178. The maximum Gasteiger partial charge on any atom is 0.158 e. The molecule has 0 aromatic carbocycles. The van der Waals surface area contributed by atoms with Gasteiger partial charge in [0, 0.05) is 18.7 Å². The van der Waals surface area contributed by atoms with E-state index in [1.54, 1.807) is 12.1 Å². The number of hydrogen-bond acceptors (Lipinski definition) is 3. The third kappa shape index (κ3) is 1.37. The summed E-state index contributed by atoms with van der Waals surface area (Å²) < 4.78 is 1.88. The van der Waals surface area contributed by atoms with Crippen molar-refractivity contribution in [2.75, 3.05) is 13.1 Å². The van der Waals surface area contributed by atoms with Gasteiger partial charge in [-0.05, 0) is 25.1 Å². The number of aromatic hydroxyl groups is 1. The van der Waals surface area contributed by atoms with E-state index in [0.717, 1.165) is 25.3 Å². The molecule has 1 saturated heterocycles. The van der Waals surface area contributed by atoms with E-state index < -0.39 is 0 Å². The molecule has 0 saturated carbocycles. The summed E-state index contributed by atoms with van der Waals surface area (Å²) >= 11 is 6.05. The van der Waals surface area contributed by atoms with Crippen LogP contribution in [-0.2, 0) is 0 Å². The second kappa shape index (κ2) is 3.64. The molecule has 0 radical (unpaired) electrons. The zero-order valence-corrected chi connectivity index (χ0v) is 9.41. The van der Waals surface area contributed by atoms with Crippen LogP contribution in [0.4, 0.5) is 0 Å². The van der Waals surface area contributed by atoms with E-state index in [9.17, 15) is 5.11 Å². The molecule has 2 aromatic rings. The highest BCUT2D eigenvalue weighted by molar-refractivity contribution is 6.33. The highest BCUT2D eigenvalue weighted by Crippen LogP contribution is 2.31. The summed E-state index contributed by atoms with van der Waals surface area (Å²) in [7, 11) is 0. The van der Waals surface area contributed by atoms with Crippen LogP contribution in [0.1, 0.15) is 18.2 Å². The number of imidazole rings is 1. The van der Waals surface area contributed by atoms with Crippen LogP contribution in [0.15, 0.2) is 18.3 Å². The van der Waals surface area contributed by atoms with Crippen molar-refractivity contribution in [1.29, 1.82) is 0 Å². The lowest BCUT2D eigenvalue weighted by molar-refractivity contribution is 0.478. The fourth-order valence-electron chi connectivity index (χ4n) is 2.26. The van der Waals surface area contributed by atoms with Gasteiger partial charge in [0.15, 0.2) is 5.15 Å². The molecule has 1 unspecified atom stereocenters. The number of aromatic nitrogens is 2. The summed E-state index contributed by atoms with van der Waals surface area (Å²) in [5.74, 6) is 1.49. The first-order chi connectivity index (χ1) is 7.77. The molecule has 0 amide bonds. The third-order valence-corrected chi connectivity index (χ3v) is 3.32. The first-order valence-electron chi connectivity index (χ1n) is 5.33. The average Bonchev–Trinajstić information content (AvgIpc) is 2.86. The highest BCUT2D eigenvalue weighted by Gasteiger charge is 2.23. The van der Waals surface area contributed by atoms with Gasteiger partial charge in [0.05, 0.1) is 0 Å². The molecule has 4 nitrogen and oxygen atoms in total. The Labute approximate surface area is 97.9 Å². The maximum atomic E-state index is 9.75. The fourth-order valence-corrected chi connectivity index (χ4v) is 2.54. The zero-order valence-electron chi connectivity index (χ0n) is 8.65. The summed E-state index contributed by atoms with van der Waals surface area (Å²) in [6.45, 7) is 1.93. The van der Waals surface area contributed by atoms with Gasteiger partial charge in [-0.1, -0.05) is 11.6 Å². The molecule has 1 aliphatic rings. The van der Waals surface area contributed by atoms with E-state index >= 15 is 0 Å². The average molecular weight is 238 g/mol. The van der Waals surface area contributed by atoms with E-state index in [-0.39, 0.29) is 5.75 Å². The van der Waals surface area contributed by atoms with Crippen LogP contribution in [0.3, 0.4) is 0 Å². The van der Waals surface area contributed by atoms with Gasteiger partial charge in [0.25, 0.3) is 0 Å². The number of nitrogens with zero attached hydrogens (tertiary/aromatic N) is 2. The standard InChI is InChI=1S/C11H12ClN3O/c12-10-9-8(16)2-1-5-15(9)11(14-10)7-3-4-13-6-7/h1-2,5,7,13,16H,3-4,6H2. The van der Waals surface area contributed by atoms with Crippen LogP contribution in [-0.4, -0.2) is 27.6 Å². The number of halogens is 1. The highest BCUT2D eigenvalue weighted by atomic mass is 35.5. The second-order valence-corrected chi connectivity index (χ2v) is 4.42. The molecule has 2 N–H and O–H groups in total. The molecule has 1 atom stereocenters. The van der Waals surface area contributed by atoms with Crippen molar-refractivity contribution >= 4 is 17.1 Å². The molecule has 16 heavy (non-hydrogen) atoms. The third-order valence-electron chi connectivity index (χ3n) is 3.05. The summed E-state index contributed by atoms with van der Waals surface area (Å²) in [6, 6.07) is 3.42. The molecule has 3 heterocycles. The van der Waals surface area contributed by atoms with E-state index in [1.807, 2.05) is 10.6 Å². The summed E-state index contributed by atoms with van der Waals surface area (Å²) in [5, 5.41) is 13.4. The summed E-state index contributed by atoms with van der Waals surface area (Å²) in [5.41, 5.74) is 0.603. The largest absolute Gasteiger partial charge is 0.506 e. The lowest BCUT2D eigenvalue weighted by atomic mass is 10.1. The van der Waals surface area contributed by atoms with E-state index in [0.29, 0.717) is 16.6 Å². The number of pyridine rings is 1. The summed E-state index contributed by atoms with van der Waals surface area (Å²) in [4.78, 5) is 4.36. The predicted octanol–water partition coefficient (Wildman–Crippen LogP) is 1.77. The normalized spacial score (nSPS) is 20.7. The molecule has 0 bridgehead atoms. The topological polar surface area (TPSA) is 49.6 Å². The van der Waals surface area contributed by atoms with Gasteiger partial charge in [-0.15, -0.1) is 0 Å². The summed E-state index contributed by atoms with van der Waals surface area (Å²) in [6.07, 6.45) is 2.95. The van der Waals surface area contributed by atoms with Crippen molar-refractivity contribution < 1.29 is 5.11 Å². The zero-order chi connectivity index (χ0) is 11.1.